The Morgan fingerprint density at radius 3 is 3.08 bits per heavy atom. The molecule has 2 heterocycles. The normalized spacial score (nSPS) is 10.9. The number of aromatic amines is 1. The topological polar surface area (TPSA) is 63.0 Å². The van der Waals surface area contributed by atoms with Gasteiger partial charge in [-0.1, -0.05) is 0 Å². The number of fused-ring (bicyclic) bond motifs is 1. The van der Waals surface area contributed by atoms with Gasteiger partial charge in [0.15, 0.2) is 0 Å². The standard InChI is InChI=1S/C7H8N4OS/c1-4-2-6(12)11-7(8-4)9-5(3-13)10-11/h2,13H,3H2,1H3,(H,8,9,10). The molecule has 0 atom stereocenters. The maximum absolute atomic E-state index is 11.4. The Kier molecular flexibility index (Phi) is 1.84. The van der Waals surface area contributed by atoms with E-state index in [9.17, 15) is 4.79 Å². The quantitative estimate of drug-likeness (QED) is 0.638. The highest BCUT2D eigenvalue weighted by Gasteiger charge is 2.04. The van der Waals surface area contributed by atoms with Crippen molar-refractivity contribution in [3.8, 4) is 0 Å². The Morgan fingerprint density at radius 2 is 2.38 bits per heavy atom. The van der Waals surface area contributed by atoms with Crippen LogP contribution in [-0.2, 0) is 5.75 Å². The minimum absolute atomic E-state index is 0.150. The van der Waals surface area contributed by atoms with Crippen LogP contribution < -0.4 is 5.56 Å². The molecule has 0 saturated heterocycles. The fraction of sp³-hybridized carbons (Fsp3) is 0.286. The fourth-order valence-electron chi connectivity index (χ4n) is 1.11. The van der Waals surface area contributed by atoms with Crippen molar-refractivity contribution in [1.82, 2.24) is 19.6 Å². The SMILES string of the molecule is Cc1cc(=O)n2[nH]c(CS)nc2n1. The lowest BCUT2D eigenvalue weighted by Crippen LogP contribution is -2.14. The molecule has 0 aromatic carbocycles. The van der Waals surface area contributed by atoms with Crippen LogP contribution in [0.4, 0.5) is 0 Å². The van der Waals surface area contributed by atoms with Crippen LogP contribution >= 0.6 is 12.6 Å². The van der Waals surface area contributed by atoms with Crippen molar-refractivity contribution in [1.29, 1.82) is 0 Å². The largest absolute Gasteiger partial charge is 0.274 e. The van der Waals surface area contributed by atoms with Gasteiger partial charge in [-0.05, 0) is 6.92 Å². The van der Waals surface area contributed by atoms with E-state index in [1.54, 1.807) is 6.92 Å². The van der Waals surface area contributed by atoms with Crippen LogP contribution in [0.15, 0.2) is 10.9 Å². The maximum Gasteiger partial charge on any atom is 0.274 e. The third kappa shape index (κ3) is 1.33. The van der Waals surface area contributed by atoms with Gasteiger partial charge in [0.25, 0.3) is 11.3 Å². The Morgan fingerprint density at radius 1 is 1.62 bits per heavy atom. The lowest BCUT2D eigenvalue weighted by Gasteiger charge is -1.90. The van der Waals surface area contributed by atoms with Crippen LogP contribution in [0.25, 0.3) is 5.78 Å². The van der Waals surface area contributed by atoms with Crippen LogP contribution in [0.5, 0.6) is 0 Å². The molecule has 2 aromatic heterocycles. The highest BCUT2D eigenvalue weighted by Crippen LogP contribution is 1.98. The van der Waals surface area contributed by atoms with Gasteiger partial charge in [-0.25, -0.2) is 4.98 Å². The molecule has 0 aliphatic carbocycles. The van der Waals surface area contributed by atoms with Gasteiger partial charge in [-0.15, -0.1) is 0 Å². The Labute approximate surface area is 79.2 Å². The molecule has 6 heteroatoms. The van der Waals surface area contributed by atoms with Crippen molar-refractivity contribution >= 4 is 18.4 Å². The monoisotopic (exact) mass is 196 g/mol. The van der Waals surface area contributed by atoms with Gasteiger partial charge in [0.1, 0.15) is 5.82 Å². The van der Waals surface area contributed by atoms with Crippen LogP contribution in [0.1, 0.15) is 11.5 Å². The molecule has 1 N–H and O–H groups in total. The molecule has 0 amide bonds. The molecule has 0 fully saturated rings. The van der Waals surface area contributed by atoms with Crippen LogP contribution in [-0.4, -0.2) is 19.6 Å². The molecular formula is C7H8N4OS. The van der Waals surface area contributed by atoms with E-state index in [2.05, 4.69) is 27.7 Å². The fourth-order valence-corrected chi connectivity index (χ4v) is 1.25. The molecule has 5 nitrogen and oxygen atoms in total. The van der Waals surface area contributed by atoms with Crippen molar-refractivity contribution in [3.63, 3.8) is 0 Å². The molecule has 13 heavy (non-hydrogen) atoms. The third-order valence-electron chi connectivity index (χ3n) is 1.65. The molecule has 0 radical (unpaired) electrons. The lowest BCUT2D eigenvalue weighted by atomic mass is 10.5. The van der Waals surface area contributed by atoms with E-state index in [1.165, 1.54) is 10.6 Å². The first kappa shape index (κ1) is 8.31. The van der Waals surface area contributed by atoms with Crippen molar-refractivity contribution in [3.05, 3.63) is 27.9 Å². The minimum Gasteiger partial charge on any atom is -0.274 e. The van der Waals surface area contributed by atoms with Crippen LogP contribution in [0.3, 0.4) is 0 Å². The Bertz CT molecular complexity index is 501. The van der Waals surface area contributed by atoms with Crippen molar-refractivity contribution in [2.45, 2.75) is 12.7 Å². The van der Waals surface area contributed by atoms with Gasteiger partial charge in [0.2, 0.25) is 0 Å². The first-order valence-electron chi connectivity index (χ1n) is 3.77. The zero-order chi connectivity index (χ0) is 9.42. The predicted octanol–water partition coefficient (Wildman–Crippen LogP) is 0.156. The average Bonchev–Trinajstić information content (AvgIpc) is 2.47. The molecule has 0 unspecified atom stereocenters. The van der Waals surface area contributed by atoms with Gasteiger partial charge in [-0.3, -0.25) is 9.89 Å². The first-order valence-corrected chi connectivity index (χ1v) is 4.40. The summed E-state index contributed by atoms with van der Waals surface area (Å²) in [5.41, 5.74) is 0.519. The van der Waals surface area contributed by atoms with E-state index in [1.807, 2.05) is 0 Å². The third-order valence-corrected chi connectivity index (χ3v) is 1.95. The molecule has 0 aliphatic heterocycles. The molecular weight excluding hydrogens is 188 g/mol. The smallest absolute Gasteiger partial charge is 0.274 e. The Hall–Kier alpha value is -1.30. The van der Waals surface area contributed by atoms with E-state index < -0.39 is 0 Å². The molecule has 2 aromatic rings. The second kappa shape index (κ2) is 2.88. The zero-order valence-corrected chi connectivity index (χ0v) is 7.88. The summed E-state index contributed by atoms with van der Waals surface area (Å²) < 4.78 is 1.30. The van der Waals surface area contributed by atoms with Crippen molar-refractivity contribution < 1.29 is 0 Å². The number of nitrogens with zero attached hydrogens (tertiary/aromatic N) is 3. The maximum atomic E-state index is 11.4. The number of aromatic nitrogens is 4. The summed E-state index contributed by atoms with van der Waals surface area (Å²) in [4.78, 5) is 19.5. The molecule has 0 aliphatic rings. The Balaban J connectivity index is 2.83. The summed E-state index contributed by atoms with van der Waals surface area (Å²) in [6, 6.07) is 1.45. The van der Waals surface area contributed by atoms with E-state index in [4.69, 9.17) is 0 Å². The van der Waals surface area contributed by atoms with E-state index >= 15 is 0 Å². The number of hydrogen-bond donors (Lipinski definition) is 2. The van der Waals surface area contributed by atoms with Crippen molar-refractivity contribution in [2.24, 2.45) is 0 Å². The van der Waals surface area contributed by atoms with E-state index in [-0.39, 0.29) is 5.56 Å². The average molecular weight is 196 g/mol. The number of H-pyrrole nitrogens is 1. The lowest BCUT2D eigenvalue weighted by molar-refractivity contribution is 0.870. The highest BCUT2D eigenvalue weighted by atomic mass is 32.1. The van der Waals surface area contributed by atoms with Gasteiger partial charge in [0.05, 0.1) is 5.75 Å². The summed E-state index contributed by atoms with van der Waals surface area (Å²) >= 11 is 4.04. The summed E-state index contributed by atoms with van der Waals surface area (Å²) in [6.07, 6.45) is 0. The molecule has 0 spiro atoms. The number of rotatable bonds is 1. The van der Waals surface area contributed by atoms with Crippen molar-refractivity contribution in [2.75, 3.05) is 0 Å². The van der Waals surface area contributed by atoms with E-state index in [0.29, 0.717) is 23.0 Å². The predicted molar refractivity (Wildman–Crippen MR) is 51.0 cm³/mol. The number of hydrogen-bond acceptors (Lipinski definition) is 4. The molecule has 0 bridgehead atoms. The zero-order valence-electron chi connectivity index (χ0n) is 6.98. The van der Waals surface area contributed by atoms with E-state index in [0.717, 1.165) is 0 Å². The minimum atomic E-state index is -0.150. The summed E-state index contributed by atoms with van der Waals surface area (Å²) in [7, 11) is 0. The van der Waals surface area contributed by atoms with Gasteiger partial charge in [0, 0.05) is 11.8 Å². The van der Waals surface area contributed by atoms with Gasteiger partial charge >= 0.3 is 0 Å². The van der Waals surface area contributed by atoms with Crippen LogP contribution in [0, 0.1) is 6.92 Å². The molecule has 2 rings (SSSR count). The first-order chi connectivity index (χ1) is 6.20. The summed E-state index contributed by atoms with van der Waals surface area (Å²) in [6.45, 7) is 1.76. The second-order valence-electron chi connectivity index (χ2n) is 2.70. The van der Waals surface area contributed by atoms with Crippen LogP contribution in [0.2, 0.25) is 0 Å². The number of nitrogens with one attached hydrogen (secondary N) is 1. The molecule has 68 valence electrons. The van der Waals surface area contributed by atoms with Gasteiger partial charge in [-0.2, -0.15) is 22.1 Å². The number of aryl methyl sites for hydroxylation is 1. The highest BCUT2D eigenvalue weighted by molar-refractivity contribution is 7.79. The second-order valence-corrected chi connectivity index (χ2v) is 3.02. The summed E-state index contributed by atoms with van der Waals surface area (Å²) in [5, 5.41) is 2.79. The molecule has 0 saturated carbocycles. The summed E-state index contributed by atoms with van der Waals surface area (Å²) in [5.74, 6) is 1.49. The number of thiol groups is 1. The van der Waals surface area contributed by atoms with Gasteiger partial charge < -0.3 is 0 Å².